The van der Waals surface area contributed by atoms with Gasteiger partial charge in [0.1, 0.15) is 42.3 Å². The first-order valence-electron chi connectivity index (χ1n) is 19.6. The van der Waals surface area contributed by atoms with Crippen molar-refractivity contribution in [1.29, 1.82) is 0 Å². The van der Waals surface area contributed by atoms with Crippen LogP contribution in [-0.2, 0) is 67.1 Å². The summed E-state index contributed by atoms with van der Waals surface area (Å²) in [6, 6.07) is -13.9. The quantitative estimate of drug-likeness (QED) is 0.0307. The predicted molar refractivity (Wildman–Crippen MR) is 218 cm³/mol. The second-order valence-corrected chi connectivity index (χ2v) is 15.3. The Hall–Kier alpha value is -7.46. The van der Waals surface area contributed by atoms with Gasteiger partial charge in [0.25, 0.3) is 0 Å². The first-order valence-corrected chi connectivity index (χ1v) is 19.6. The lowest BCUT2D eigenvalue weighted by Gasteiger charge is -2.28. The van der Waals surface area contributed by atoms with Crippen LogP contribution in [0.15, 0.2) is 0 Å². The highest BCUT2D eigenvalue weighted by molar-refractivity contribution is 6.00. The van der Waals surface area contributed by atoms with E-state index in [0.29, 0.717) is 0 Å². The van der Waals surface area contributed by atoms with Crippen molar-refractivity contribution in [1.82, 2.24) is 37.2 Å². The summed E-state index contributed by atoms with van der Waals surface area (Å²) in [6.45, 7) is 5.67. The summed E-state index contributed by atoms with van der Waals surface area (Å²) in [6.07, 6.45) is -6.08. The first kappa shape index (κ1) is 57.5. The molecule has 11 amide bonds. The molecule has 0 aliphatic carbocycles. The van der Waals surface area contributed by atoms with Crippen molar-refractivity contribution in [3.8, 4) is 0 Å². The summed E-state index contributed by atoms with van der Waals surface area (Å²) in [5.74, 6) is -19.0. The summed E-state index contributed by atoms with van der Waals surface area (Å²) in [4.78, 5) is 174. The third-order valence-electron chi connectivity index (χ3n) is 8.91. The minimum Gasteiger partial charge on any atom is -0.481 e. The van der Waals surface area contributed by atoms with Gasteiger partial charge in [0.2, 0.25) is 65.0 Å². The largest absolute Gasteiger partial charge is 0.481 e. The standard InChI is InChI=1S/C36H58N12O17/c1-13(2)27(47-30(58)16(5-7-25(53)54)42-29(57)15(37)9-21(38)49)34(62)45-19(11-23(40)51)33(61)44-18(10-22(39)50)32(60)43-17(6-8-26(55)56)31(59)48-28(14(3)4)35(63)46-20(36(64)65)12-24(41)52/h13-20,27-28H,5-12,37H2,1-4H3,(H2,38,49)(H2,39,50)(H2,40,51)(H2,41,52)(H,42,57)(H,43,60)(H,44,61)(H,45,62)(H,46,63)(H,47,58)(H,48,59)(H,53,54)(H,55,56)(H,64,65)/t15-,16-,17-,18-,19-,20-,27-,28-/m0/s1. The molecule has 8 atom stereocenters. The molecule has 0 aliphatic heterocycles. The van der Waals surface area contributed by atoms with Crippen LogP contribution in [0.2, 0.25) is 0 Å². The van der Waals surface area contributed by atoms with Crippen LogP contribution in [0.3, 0.4) is 0 Å². The van der Waals surface area contributed by atoms with Gasteiger partial charge < -0.3 is 81.2 Å². The van der Waals surface area contributed by atoms with E-state index in [1.54, 1.807) is 0 Å². The fourth-order valence-corrected chi connectivity index (χ4v) is 5.53. The lowest BCUT2D eigenvalue weighted by atomic mass is 10.0. The van der Waals surface area contributed by atoms with Crippen LogP contribution in [0.4, 0.5) is 0 Å². The molecule has 0 radical (unpaired) electrons. The highest BCUT2D eigenvalue weighted by atomic mass is 16.4. The van der Waals surface area contributed by atoms with E-state index in [1.807, 2.05) is 5.32 Å². The molecule has 20 N–H and O–H groups in total. The maximum Gasteiger partial charge on any atom is 0.326 e. The average Bonchev–Trinajstić information content (AvgIpc) is 3.16. The van der Waals surface area contributed by atoms with Crippen LogP contribution < -0.4 is 65.9 Å². The maximum absolute atomic E-state index is 13.6. The second-order valence-electron chi connectivity index (χ2n) is 15.3. The number of aliphatic carboxylic acids is 3. The second kappa shape index (κ2) is 27.6. The van der Waals surface area contributed by atoms with E-state index in [-0.39, 0.29) is 0 Å². The zero-order valence-electron chi connectivity index (χ0n) is 35.9. The summed E-state index contributed by atoms with van der Waals surface area (Å²) in [5.41, 5.74) is 26.3. The highest BCUT2D eigenvalue weighted by Crippen LogP contribution is 2.10. The molecule has 0 unspecified atom stereocenters. The number of hydrogen-bond acceptors (Lipinski definition) is 15. The number of nitrogens with two attached hydrogens (primary N) is 5. The van der Waals surface area contributed by atoms with Gasteiger partial charge in [0.15, 0.2) is 0 Å². The number of hydrogen-bond donors (Lipinski definition) is 15. The number of amides is 11. The Labute approximate surface area is 370 Å². The molecule has 0 saturated heterocycles. The molecule has 0 aromatic carbocycles. The summed E-state index contributed by atoms with van der Waals surface area (Å²) in [5, 5.41) is 43.0. The normalized spacial score (nSPS) is 14.6. The number of nitrogens with one attached hydrogen (secondary N) is 7. The fourth-order valence-electron chi connectivity index (χ4n) is 5.53. The molecular formula is C36H58N12O17. The van der Waals surface area contributed by atoms with Crippen LogP contribution in [0, 0.1) is 11.8 Å². The minimum atomic E-state index is -2.01. The molecule has 29 nitrogen and oxygen atoms in total. The topological polar surface area (TPSA) is 514 Å². The van der Waals surface area contributed by atoms with Crippen LogP contribution in [0.1, 0.15) is 79.1 Å². The molecule has 0 fully saturated rings. The van der Waals surface area contributed by atoms with Gasteiger partial charge >= 0.3 is 17.9 Å². The Morgan fingerprint density at radius 3 is 0.969 bits per heavy atom. The van der Waals surface area contributed by atoms with Crippen LogP contribution in [0.25, 0.3) is 0 Å². The van der Waals surface area contributed by atoms with E-state index in [2.05, 4.69) is 31.9 Å². The van der Waals surface area contributed by atoms with Gasteiger partial charge in [0.05, 0.1) is 31.7 Å². The van der Waals surface area contributed by atoms with E-state index in [4.69, 9.17) is 28.7 Å². The monoisotopic (exact) mass is 930 g/mol. The van der Waals surface area contributed by atoms with Crippen molar-refractivity contribution in [2.45, 2.75) is 127 Å². The number of carboxylic acid groups (broad SMARTS) is 3. The maximum atomic E-state index is 13.6. The van der Waals surface area contributed by atoms with Gasteiger partial charge in [-0.1, -0.05) is 27.7 Å². The van der Waals surface area contributed by atoms with Gasteiger partial charge in [-0.3, -0.25) is 62.3 Å². The number of carbonyl (C=O) groups is 14. The molecule has 0 aliphatic rings. The third-order valence-corrected chi connectivity index (χ3v) is 8.91. The predicted octanol–water partition coefficient (Wildman–Crippen LogP) is -7.66. The smallest absolute Gasteiger partial charge is 0.326 e. The zero-order chi connectivity index (χ0) is 50.5. The van der Waals surface area contributed by atoms with Crippen molar-refractivity contribution in [2.75, 3.05) is 0 Å². The Morgan fingerprint density at radius 1 is 0.385 bits per heavy atom. The van der Waals surface area contributed by atoms with Crippen LogP contribution in [-0.4, -0.2) is 147 Å². The molecule has 0 aromatic rings. The number of carbonyl (C=O) groups excluding carboxylic acids is 11. The molecule has 65 heavy (non-hydrogen) atoms. The molecule has 0 heterocycles. The van der Waals surface area contributed by atoms with E-state index in [0.717, 1.165) is 0 Å². The van der Waals surface area contributed by atoms with Crippen LogP contribution in [0.5, 0.6) is 0 Å². The van der Waals surface area contributed by atoms with Gasteiger partial charge in [-0.25, -0.2) is 4.79 Å². The summed E-state index contributed by atoms with van der Waals surface area (Å²) in [7, 11) is 0. The zero-order valence-corrected chi connectivity index (χ0v) is 35.9. The summed E-state index contributed by atoms with van der Waals surface area (Å²) < 4.78 is 0. The lowest BCUT2D eigenvalue weighted by molar-refractivity contribution is -0.144. The molecule has 0 saturated carbocycles. The van der Waals surface area contributed by atoms with Crippen molar-refractivity contribution < 1.29 is 82.4 Å². The fraction of sp³-hybridized carbons (Fsp3) is 0.611. The Bertz CT molecular complexity index is 1840. The van der Waals surface area contributed by atoms with Crippen molar-refractivity contribution in [3.05, 3.63) is 0 Å². The number of rotatable bonds is 31. The average molecular weight is 931 g/mol. The Balaban J connectivity index is 6.55. The van der Waals surface area contributed by atoms with Gasteiger partial charge in [0, 0.05) is 12.8 Å². The molecule has 364 valence electrons. The third kappa shape index (κ3) is 22.5. The van der Waals surface area contributed by atoms with Crippen LogP contribution >= 0.6 is 0 Å². The highest BCUT2D eigenvalue weighted by Gasteiger charge is 2.37. The molecule has 0 aromatic heterocycles. The van der Waals surface area contributed by atoms with E-state index in [1.165, 1.54) is 27.7 Å². The molecule has 0 rings (SSSR count). The molecule has 0 spiro atoms. The molecular weight excluding hydrogens is 872 g/mol. The van der Waals surface area contributed by atoms with Gasteiger partial charge in [-0.2, -0.15) is 0 Å². The molecule has 29 heteroatoms. The minimum absolute atomic E-state index is 0.531. The van der Waals surface area contributed by atoms with E-state index >= 15 is 0 Å². The summed E-state index contributed by atoms with van der Waals surface area (Å²) >= 11 is 0. The van der Waals surface area contributed by atoms with E-state index in [9.17, 15) is 82.4 Å². The Morgan fingerprint density at radius 2 is 0.662 bits per heavy atom. The van der Waals surface area contributed by atoms with Gasteiger partial charge in [-0.15, -0.1) is 0 Å². The number of carboxylic acids is 3. The molecule has 0 bridgehead atoms. The van der Waals surface area contributed by atoms with E-state index < -0.39 is 194 Å². The van der Waals surface area contributed by atoms with Gasteiger partial charge in [-0.05, 0) is 24.7 Å². The van der Waals surface area contributed by atoms with Crippen molar-refractivity contribution >= 4 is 82.9 Å². The first-order chi connectivity index (χ1) is 30.0. The number of primary amides is 4. The SMILES string of the molecule is CC(C)[C@H](NC(=O)[C@H](CCC(=O)O)NC(=O)[C@H](CC(N)=O)NC(=O)[C@H](CC(N)=O)NC(=O)[C@@H](NC(=O)[C@H](CCC(=O)O)NC(=O)[C@@H](N)CC(N)=O)C(C)C)C(=O)N[C@@H](CC(N)=O)C(=O)O. The Kier molecular flexibility index (Phi) is 24.4. The van der Waals surface area contributed by atoms with Crippen molar-refractivity contribution in [2.24, 2.45) is 40.5 Å². The lowest BCUT2D eigenvalue weighted by Crippen LogP contribution is -2.61. The van der Waals surface area contributed by atoms with Crippen molar-refractivity contribution in [3.63, 3.8) is 0 Å².